The molecule has 0 spiro atoms. The summed E-state index contributed by atoms with van der Waals surface area (Å²) in [5.74, 6) is 1.67. The fourth-order valence-corrected chi connectivity index (χ4v) is 1.22. The maximum absolute atomic E-state index is 8.81. The van der Waals surface area contributed by atoms with Gasteiger partial charge in [-0.3, -0.25) is 0 Å². The first-order valence-corrected chi connectivity index (χ1v) is 4.91. The van der Waals surface area contributed by atoms with Crippen LogP contribution in [-0.2, 0) is 0 Å². The minimum Gasteiger partial charge on any atom is -0.396 e. The summed E-state index contributed by atoms with van der Waals surface area (Å²) >= 11 is 0. The van der Waals surface area contributed by atoms with E-state index in [-0.39, 0.29) is 6.61 Å². The average molecular weight is 170 g/mol. The number of allylic oxidation sites excluding steroid dienone is 1. The Balaban J connectivity index is 3.92. The van der Waals surface area contributed by atoms with Crippen molar-refractivity contribution in [3.63, 3.8) is 0 Å². The van der Waals surface area contributed by atoms with Gasteiger partial charge in [-0.2, -0.15) is 0 Å². The van der Waals surface area contributed by atoms with Crippen LogP contribution in [0.15, 0.2) is 12.2 Å². The van der Waals surface area contributed by atoms with Crippen molar-refractivity contribution >= 4 is 0 Å². The summed E-state index contributed by atoms with van der Waals surface area (Å²) in [5.41, 5.74) is 0. The SMILES string of the molecule is CCC(C=CC(C)CO)C(C)C. The van der Waals surface area contributed by atoms with Crippen LogP contribution in [0.25, 0.3) is 0 Å². The van der Waals surface area contributed by atoms with Crippen LogP contribution < -0.4 is 0 Å². The fourth-order valence-electron chi connectivity index (χ4n) is 1.22. The van der Waals surface area contributed by atoms with Gasteiger partial charge in [-0.05, 0) is 24.2 Å². The third-order valence-corrected chi connectivity index (χ3v) is 2.30. The van der Waals surface area contributed by atoms with Crippen molar-refractivity contribution in [1.29, 1.82) is 0 Å². The second-order valence-corrected chi connectivity index (χ2v) is 3.86. The van der Waals surface area contributed by atoms with Crippen LogP contribution in [0.1, 0.15) is 34.1 Å². The molecule has 1 heteroatoms. The Bertz CT molecular complexity index is 127. The summed E-state index contributed by atoms with van der Waals surface area (Å²) < 4.78 is 0. The fraction of sp³-hybridized carbons (Fsp3) is 0.818. The molecule has 0 heterocycles. The molecular formula is C11H22O. The summed E-state index contributed by atoms with van der Waals surface area (Å²) in [6.07, 6.45) is 5.55. The Kier molecular flexibility index (Phi) is 6.09. The van der Waals surface area contributed by atoms with Gasteiger partial charge in [0.1, 0.15) is 0 Å². The Labute approximate surface area is 76.5 Å². The van der Waals surface area contributed by atoms with Gasteiger partial charge in [-0.1, -0.05) is 39.8 Å². The topological polar surface area (TPSA) is 20.2 Å². The number of rotatable bonds is 5. The van der Waals surface area contributed by atoms with Gasteiger partial charge in [0.05, 0.1) is 0 Å². The molecule has 0 bridgehead atoms. The van der Waals surface area contributed by atoms with E-state index in [1.807, 2.05) is 6.92 Å². The summed E-state index contributed by atoms with van der Waals surface area (Å²) in [6.45, 7) is 8.97. The maximum Gasteiger partial charge on any atom is 0.0491 e. The van der Waals surface area contributed by atoms with E-state index in [0.29, 0.717) is 17.8 Å². The van der Waals surface area contributed by atoms with Crippen molar-refractivity contribution in [3.05, 3.63) is 12.2 Å². The van der Waals surface area contributed by atoms with E-state index in [0.717, 1.165) is 0 Å². The van der Waals surface area contributed by atoms with Crippen LogP contribution in [-0.4, -0.2) is 11.7 Å². The van der Waals surface area contributed by atoms with E-state index in [9.17, 15) is 0 Å². The van der Waals surface area contributed by atoms with Crippen LogP contribution in [0.2, 0.25) is 0 Å². The molecule has 0 fully saturated rings. The predicted octanol–water partition coefficient (Wildman–Crippen LogP) is 2.85. The van der Waals surface area contributed by atoms with E-state index in [2.05, 4.69) is 32.9 Å². The first-order chi connectivity index (χ1) is 5.61. The molecule has 0 saturated carbocycles. The highest BCUT2D eigenvalue weighted by molar-refractivity contribution is 4.92. The standard InChI is InChI=1S/C11H22O/c1-5-11(9(2)3)7-6-10(4)8-12/h6-7,9-12H,5,8H2,1-4H3. The Morgan fingerprint density at radius 2 is 1.75 bits per heavy atom. The van der Waals surface area contributed by atoms with Crippen LogP contribution in [0.5, 0.6) is 0 Å². The predicted molar refractivity (Wildman–Crippen MR) is 54.0 cm³/mol. The first-order valence-electron chi connectivity index (χ1n) is 4.91. The zero-order valence-electron chi connectivity index (χ0n) is 8.75. The Morgan fingerprint density at radius 3 is 2.08 bits per heavy atom. The van der Waals surface area contributed by atoms with E-state index in [1.165, 1.54) is 6.42 Å². The summed E-state index contributed by atoms with van der Waals surface area (Å²) in [5, 5.41) is 8.81. The van der Waals surface area contributed by atoms with Gasteiger partial charge in [-0.25, -0.2) is 0 Å². The molecule has 0 aromatic carbocycles. The third-order valence-electron chi connectivity index (χ3n) is 2.30. The van der Waals surface area contributed by atoms with Gasteiger partial charge in [0.2, 0.25) is 0 Å². The zero-order chi connectivity index (χ0) is 9.56. The van der Waals surface area contributed by atoms with Gasteiger partial charge < -0.3 is 5.11 Å². The normalized spacial score (nSPS) is 17.2. The third kappa shape index (κ3) is 4.55. The van der Waals surface area contributed by atoms with E-state index < -0.39 is 0 Å². The van der Waals surface area contributed by atoms with E-state index >= 15 is 0 Å². The molecule has 0 rings (SSSR count). The van der Waals surface area contributed by atoms with Gasteiger partial charge >= 0.3 is 0 Å². The Morgan fingerprint density at radius 1 is 1.17 bits per heavy atom. The molecule has 2 unspecified atom stereocenters. The summed E-state index contributed by atoms with van der Waals surface area (Å²) in [7, 11) is 0. The van der Waals surface area contributed by atoms with Crippen molar-refractivity contribution in [1.82, 2.24) is 0 Å². The van der Waals surface area contributed by atoms with Crippen molar-refractivity contribution in [2.24, 2.45) is 17.8 Å². The van der Waals surface area contributed by atoms with E-state index in [1.54, 1.807) is 0 Å². The maximum atomic E-state index is 8.81. The van der Waals surface area contributed by atoms with Crippen LogP contribution in [0, 0.1) is 17.8 Å². The molecule has 12 heavy (non-hydrogen) atoms. The van der Waals surface area contributed by atoms with Crippen LogP contribution >= 0.6 is 0 Å². The van der Waals surface area contributed by atoms with Crippen LogP contribution in [0.3, 0.4) is 0 Å². The monoisotopic (exact) mass is 170 g/mol. The second kappa shape index (κ2) is 6.24. The molecule has 0 aromatic heterocycles. The lowest BCUT2D eigenvalue weighted by atomic mass is 9.92. The van der Waals surface area contributed by atoms with Crippen molar-refractivity contribution in [2.45, 2.75) is 34.1 Å². The molecule has 1 N–H and O–H groups in total. The lowest BCUT2D eigenvalue weighted by molar-refractivity contribution is 0.261. The first kappa shape index (κ1) is 11.7. The van der Waals surface area contributed by atoms with Gasteiger partial charge in [0, 0.05) is 6.61 Å². The molecule has 0 radical (unpaired) electrons. The quantitative estimate of drug-likeness (QED) is 0.629. The van der Waals surface area contributed by atoms with Gasteiger partial charge in [-0.15, -0.1) is 0 Å². The van der Waals surface area contributed by atoms with Crippen molar-refractivity contribution in [2.75, 3.05) is 6.61 Å². The average Bonchev–Trinajstić information content (AvgIpc) is 2.04. The highest BCUT2D eigenvalue weighted by Gasteiger charge is 2.06. The number of aliphatic hydroxyl groups is 1. The largest absolute Gasteiger partial charge is 0.396 e. The van der Waals surface area contributed by atoms with Gasteiger partial charge in [0.25, 0.3) is 0 Å². The molecular weight excluding hydrogens is 148 g/mol. The van der Waals surface area contributed by atoms with E-state index in [4.69, 9.17) is 5.11 Å². The molecule has 2 atom stereocenters. The molecule has 72 valence electrons. The molecule has 0 saturated heterocycles. The highest BCUT2D eigenvalue weighted by atomic mass is 16.3. The Hall–Kier alpha value is -0.300. The molecule has 0 aliphatic carbocycles. The summed E-state index contributed by atoms with van der Waals surface area (Å²) in [6, 6.07) is 0. The molecule has 0 aromatic rings. The minimum atomic E-state index is 0.255. The smallest absolute Gasteiger partial charge is 0.0491 e. The van der Waals surface area contributed by atoms with Gasteiger partial charge in [0.15, 0.2) is 0 Å². The molecule has 0 aliphatic heterocycles. The van der Waals surface area contributed by atoms with Crippen molar-refractivity contribution in [3.8, 4) is 0 Å². The lowest BCUT2D eigenvalue weighted by Gasteiger charge is -2.14. The molecule has 1 nitrogen and oxygen atoms in total. The molecule has 0 aliphatic rings. The van der Waals surface area contributed by atoms with Crippen molar-refractivity contribution < 1.29 is 5.11 Å². The molecule has 0 amide bonds. The minimum absolute atomic E-state index is 0.255. The number of hydrogen-bond acceptors (Lipinski definition) is 1. The van der Waals surface area contributed by atoms with Crippen LogP contribution in [0.4, 0.5) is 0 Å². The highest BCUT2D eigenvalue weighted by Crippen LogP contribution is 2.16. The zero-order valence-corrected chi connectivity index (χ0v) is 8.75. The second-order valence-electron chi connectivity index (χ2n) is 3.86. The summed E-state index contributed by atoms with van der Waals surface area (Å²) in [4.78, 5) is 0. The lowest BCUT2D eigenvalue weighted by Crippen LogP contribution is -2.05. The number of hydrogen-bond donors (Lipinski definition) is 1. The number of aliphatic hydroxyl groups excluding tert-OH is 1.